The van der Waals surface area contributed by atoms with Crippen LogP contribution < -0.4 is 5.73 Å². The molecule has 1 aliphatic rings. The summed E-state index contributed by atoms with van der Waals surface area (Å²) in [7, 11) is 0. The molecule has 3 heteroatoms. The topological polar surface area (TPSA) is 63.3 Å². The normalized spacial score (nSPS) is 21.7. The molecule has 0 heterocycles. The highest BCUT2D eigenvalue weighted by molar-refractivity contribution is 5.73. The van der Waals surface area contributed by atoms with Gasteiger partial charge in [-0.1, -0.05) is 19.3 Å². The molecule has 58 valence electrons. The van der Waals surface area contributed by atoms with Crippen molar-refractivity contribution in [1.29, 1.82) is 0 Å². The van der Waals surface area contributed by atoms with E-state index >= 15 is 0 Å². The summed E-state index contributed by atoms with van der Waals surface area (Å²) in [5.41, 5.74) is 5.33. The van der Waals surface area contributed by atoms with Gasteiger partial charge in [0.15, 0.2) is 0 Å². The van der Waals surface area contributed by atoms with Crippen LogP contribution in [0.25, 0.3) is 0 Å². The third kappa shape index (κ3) is 1.70. The molecule has 1 aliphatic carbocycles. The van der Waals surface area contributed by atoms with E-state index in [-0.39, 0.29) is 0 Å². The summed E-state index contributed by atoms with van der Waals surface area (Å²) in [4.78, 5) is 10.2. The van der Waals surface area contributed by atoms with E-state index in [1.54, 1.807) is 0 Å². The Bertz CT molecular complexity index is 132. The Kier molecular flexibility index (Phi) is 2.27. The Labute approximate surface area is 60.2 Å². The lowest BCUT2D eigenvalue weighted by Gasteiger charge is -2.26. The molecule has 1 atom stereocenters. The number of aliphatic carboxylic acids is 1. The Morgan fingerprint density at radius 1 is 1.70 bits per heavy atom. The van der Waals surface area contributed by atoms with Gasteiger partial charge in [-0.2, -0.15) is 0 Å². The van der Waals surface area contributed by atoms with Crippen molar-refractivity contribution < 1.29 is 9.90 Å². The number of carboxylic acids is 1. The molecule has 0 aromatic carbocycles. The summed E-state index contributed by atoms with van der Waals surface area (Å²) >= 11 is 0. The maximum Gasteiger partial charge on any atom is 0.320 e. The van der Waals surface area contributed by atoms with Crippen molar-refractivity contribution in [3.8, 4) is 0 Å². The molecule has 1 rings (SSSR count). The van der Waals surface area contributed by atoms with Crippen LogP contribution in [0.3, 0.4) is 0 Å². The van der Waals surface area contributed by atoms with Gasteiger partial charge in [0.25, 0.3) is 0 Å². The minimum absolute atomic E-state index is 0.589. The lowest BCUT2D eigenvalue weighted by molar-refractivity contribution is -0.139. The van der Waals surface area contributed by atoms with Gasteiger partial charge in [-0.3, -0.25) is 4.79 Å². The van der Waals surface area contributed by atoms with Crippen molar-refractivity contribution in [2.45, 2.75) is 31.7 Å². The minimum atomic E-state index is -0.869. The second-order valence-corrected chi connectivity index (χ2v) is 2.98. The Morgan fingerprint density at radius 2 is 2.30 bits per heavy atom. The quantitative estimate of drug-likeness (QED) is 0.607. The minimum Gasteiger partial charge on any atom is -0.480 e. The second-order valence-electron chi connectivity index (χ2n) is 2.98. The molecule has 1 fully saturated rings. The van der Waals surface area contributed by atoms with Crippen LogP contribution in [0.2, 0.25) is 0 Å². The highest BCUT2D eigenvalue weighted by Crippen LogP contribution is 2.29. The first kappa shape index (κ1) is 7.54. The lowest BCUT2D eigenvalue weighted by atomic mass is 9.81. The van der Waals surface area contributed by atoms with Crippen LogP contribution in [-0.4, -0.2) is 17.1 Å². The van der Waals surface area contributed by atoms with Crippen LogP contribution in [-0.2, 0) is 4.79 Å². The van der Waals surface area contributed by atoms with Crippen molar-refractivity contribution in [2.75, 3.05) is 0 Å². The highest BCUT2D eigenvalue weighted by atomic mass is 16.4. The second kappa shape index (κ2) is 3.01. The Morgan fingerprint density at radius 3 is 2.60 bits per heavy atom. The molecule has 0 spiro atoms. The number of carbonyl (C=O) groups is 1. The summed E-state index contributed by atoms with van der Waals surface area (Å²) < 4.78 is 0. The molecule has 0 aliphatic heterocycles. The Balaban J connectivity index is 2.16. The summed E-state index contributed by atoms with van der Waals surface area (Å²) in [5, 5.41) is 8.43. The van der Waals surface area contributed by atoms with E-state index in [1.807, 2.05) is 0 Å². The van der Waals surface area contributed by atoms with Crippen molar-refractivity contribution in [3.63, 3.8) is 0 Å². The number of hydrogen-bond acceptors (Lipinski definition) is 2. The first-order valence-electron chi connectivity index (χ1n) is 3.68. The first-order chi connectivity index (χ1) is 4.70. The third-order valence-corrected chi connectivity index (χ3v) is 2.13. The van der Waals surface area contributed by atoms with Gasteiger partial charge in [0.1, 0.15) is 6.04 Å². The standard InChI is InChI=1S/C7H13NO2/c8-6(7(9)10)4-5-2-1-3-5/h5-6H,1-4,8H2,(H,9,10)/t6-/m0/s1. The van der Waals surface area contributed by atoms with Crippen LogP contribution in [0, 0.1) is 5.92 Å². The van der Waals surface area contributed by atoms with E-state index in [0.29, 0.717) is 12.3 Å². The SMILES string of the molecule is N[C@@H](CC1CCC1)C(=O)O. The van der Waals surface area contributed by atoms with Gasteiger partial charge in [-0.15, -0.1) is 0 Å². The number of nitrogens with two attached hydrogens (primary N) is 1. The molecule has 0 aromatic rings. The molecule has 0 aromatic heterocycles. The zero-order valence-corrected chi connectivity index (χ0v) is 5.92. The van der Waals surface area contributed by atoms with Crippen LogP contribution in [0.5, 0.6) is 0 Å². The molecule has 0 saturated heterocycles. The lowest BCUT2D eigenvalue weighted by Crippen LogP contribution is -2.33. The van der Waals surface area contributed by atoms with Crippen LogP contribution in [0.4, 0.5) is 0 Å². The number of rotatable bonds is 3. The fourth-order valence-electron chi connectivity index (χ4n) is 1.19. The molecular formula is C7H13NO2. The maximum absolute atomic E-state index is 10.2. The van der Waals surface area contributed by atoms with Crippen molar-refractivity contribution in [3.05, 3.63) is 0 Å². The van der Waals surface area contributed by atoms with Crippen LogP contribution >= 0.6 is 0 Å². The highest BCUT2D eigenvalue weighted by Gasteiger charge is 2.23. The average molecular weight is 143 g/mol. The monoisotopic (exact) mass is 143 g/mol. The van der Waals surface area contributed by atoms with Gasteiger partial charge in [0.05, 0.1) is 0 Å². The average Bonchev–Trinajstić information content (AvgIpc) is 1.77. The van der Waals surface area contributed by atoms with Gasteiger partial charge in [0.2, 0.25) is 0 Å². The number of hydrogen-bond donors (Lipinski definition) is 2. The summed E-state index contributed by atoms with van der Waals surface area (Å²) in [6.07, 6.45) is 4.24. The van der Waals surface area contributed by atoms with Crippen molar-refractivity contribution in [1.82, 2.24) is 0 Å². The van der Waals surface area contributed by atoms with E-state index in [9.17, 15) is 4.79 Å². The van der Waals surface area contributed by atoms with E-state index in [1.165, 1.54) is 19.3 Å². The third-order valence-electron chi connectivity index (χ3n) is 2.13. The first-order valence-corrected chi connectivity index (χ1v) is 3.68. The predicted octanol–water partition coefficient (Wildman–Crippen LogP) is 0.588. The van der Waals surface area contributed by atoms with Crippen molar-refractivity contribution in [2.24, 2.45) is 11.7 Å². The van der Waals surface area contributed by atoms with Gasteiger partial charge in [-0.05, 0) is 12.3 Å². The molecule has 3 nitrogen and oxygen atoms in total. The summed E-state index contributed by atoms with van der Waals surface area (Å²) in [6.45, 7) is 0. The molecule has 3 N–H and O–H groups in total. The summed E-state index contributed by atoms with van der Waals surface area (Å²) in [6, 6.07) is -0.634. The molecule has 0 bridgehead atoms. The maximum atomic E-state index is 10.2. The molecular weight excluding hydrogens is 130 g/mol. The van der Waals surface area contributed by atoms with Crippen LogP contribution in [0.15, 0.2) is 0 Å². The van der Waals surface area contributed by atoms with Gasteiger partial charge < -0.3 is 10.8 Å². The molecule has 0 unspecified atom stereocenters. The van der Waals surface area contributed by atoms with Gasteiger partial charge >= 0.3 is 5.97 Å². The van der Waals surface area contributed by atoms with E-state index < -0.39 is 12.0 Å². The fraction of sp³-hybridized carbons (Fsp3) is 0.857. The molecule has 0 radical (unpaired) electrons. The predicted molar refractivity (Wildman–Crippen MR) is 37.6 cm³/mol. The van der Waals surface area contributed by atoms with Crippen molar-refractivity contribution >= 4 is 5.97 Å². The van der Waals surface area contributed by atoms with E-state index in [2.05, 4.69) is 0 Å². The van der Waals surface area contributed by atoms with E-state index in [4.69, 9.17) is 10.8 Å². The zero-order valence-electron chi connectivity index (χ0n) is 5.92. The van der Waals surface area contributed by atoms with E-state index in [0.717, 1.165) is 0 Å². The molecule has 1 saturated carbocycles. The summed E-state index contributed by atoms with van der Waals surface area (Å²) in [5.74, 6) is -0.280. The van der Waals surface area contributed by atoms with Gasteiger partial charge in [0, 0.05) is 0 Å². The largest absolute Gasteiger partial charge is 0.480 e. The zero-order chi connectivity index (χ0) is 7.56. The smallest absolute Gasteiger partial charge is 0.320 e. The number of carboxylic acid groups (broad SMARTS) is 1. The van der Waals surface area contributed by atoms with Gasteiger partial charge in [-0.25, -0.2) is 0 Å². The Hall–Kier alpha value is -0.570. The molecule has 0 amide bonds. The van der Waals surface area contributed by atoms with Crippen LogP contribution in [0.1, 0.15) is 25.7 Å². The fourth-order valence-corrected chi connectivity index (χ4v) is 1.19. The molecule has 10 heavy (non-hydrogen) atoms.